The smallest absolute Gasteiger partial charge is 0.153 e. The summed E-state index contributed by atoms with van der Waals surface area (Å²) in [6, 6.07) is 5.36. The standard InChI is InChI=1S/C9H10N2O2S2/c1-15(12,13)5-9-11-7-3-2-6(10)4-8(7)14-9/h2-4H,5,10H2,1H3. The largest absolute Gasteiger partial charge is 0.399 e. The van der Waals surface area contributed by atoms with Crippen molar-refractivity contribution in [1.29, 1.82) is 0 Å². The van der Waals surface area contributed by atoms with Gasteiger partial charge in [0, 0.05) is 11.9 Å². The molecule has 0 saturated carbocycles. The van der Waals surface area contributed by atoms with E-state index in [0.29, 0.717) is 10.7 Å². The molecule has 4 nitrogen and oxygen atoms in total. The third kappa shape index (κ3) is 2.45. The summed E-state index contributed by atoms with van der Waals surface area (Å²) in [6.07, 6.45) is 1.20. The van der Waals surface area contributed by atoms with Crippen LogP contribution in [0.15, 0.2) is 18.2 Å². The topological polar surface area (TPSA) is 73.0 Å². The molecule has 0 saturated heterocycles. The lowest BCUT2D eigenvalue weighted by Crippen LogP contribution is -1.99. The van der Waals surface area contributed by atoms with Gasteiger partial charge in [0.25, 0.3) is 0 Å². The van der Waals surface area contributed by atoms with E-state index in [2.05, 4.69) is 4.98 Å². The van der Waals surface area contributed by atoms with Crippen molar-refractivity contribution in [3.05, 3.63) is 23.2 Å². The molecule has 6 heteroatoms. The average Bonchev–Trinajstić information content (AvgIpc) is 2.42. The van der Waals surface area contributed by atoms with E-state index < -0.39 is 9.84 Å². The number of rotatable bonds is 2. The summed E-state index contributed by atoms with van der Waals surface area (Å²) in [6.45, 7) is 0. The van der Waals surface area contributed by atoms with E-state index in [4.69, 9.17) is 5.73 Å². The summed E-state index contributed by atoms with van der Waals surface area (Å²) >= 11 is 1.37. The normalized spacial score (nSPS) is 12.1. The van der Waals surface area contributed by atoms with Crippen molar-refractivity contribution >= 4 is 37.1 Å². The molecular formula is C9H10N2O2S2. The Balaban J connectivity index is 2.48. The van der Waals surface area contributed by atoms with Gasteiger partial charge < -0.3 is 5.73 Å². The van der Waals surface area contributed by atoms with Crippen LogP contribution in [0, 0.1) is 0 Å². The van der Waals surface area contributed by atoms with Crippen molar-refractivity contribution in [2.75, 3.05) is 12.0 Å². The van der Waals surface area contributed by atoms with Gasteiger partial charge in [-0.25, -0.2) is 13.4 Å². The molecule has 2 rings (SSSR count). The molecule has 0 unspecified atom stereocenters. The molecule has 0 amide bonds. The molecule has 0 atom stereocenters. The Kier molecular flexibility index (Phi) is 2.40. The average molecular weight is 242 g/mol. The minimum absolute atomic E-state index is 0.00769. The maximum atomic E-state index is 11.1. The van der Waals surface area contributed by atoms with Gasteiger partial charge in [0.05, 0.1) is 10.2 Å². The number of fused-ring (bicyclic) bond motifs is 1. The SMILES string of the molecule is CS(=O)(=O)Cc1nc2ccc(N)cc2s1. The summed E-state index contributed by atoms with van der Waals surface area (Å²) in [4.78, 5) is 4.22. The van der Waals surface area contributed by atoms with Gasteiger partial charge >= 0.3 is 0 Å². The van der Waals surface area contributed by atoms with E-state index in [0.717, 1.165) is 10.2 Å². The first kappa shape index (κ1) is 10.4. The number of nitrogen functional groups attached to an aromatic ring is 1. The van der Waals surface area contributed by atoms with Crippen LogP contribution in [0.2, 0.25) is 0 Å². The molecule has 0 aliphatic heterocycles. The highest BCUT2D eigenvalue weighted by Gasteiger charge is 2.09. The first-order valence-electron chi connectivity index (χ1n) is 4.27. The number of hydrogen-bond donors (Lipinski definition) is 1. The van der Waals surface area contributed by atoms with E-state index in [1.807, 2.05) is 0 Å². The number of sulfone groups is 1. The molecule has 0 aliphatic rings. The highest BCUT2D eigenvalue weighted by atomic mass is 32.2. The number of nitrogens with two attached hydrogens (primary N) is 1. The van der Waals surface area contributed by atoms with Gasteiger partial charge in [0.2, 0.25) is 0 Å². The van der Waals surface area contributed by atoms with E-state index in [1.54, 1.807) is 18.2 Å². The first-order valence-corrected chi connectivity index (χ1v) is 7.14. The van der Waals surface area contributed by atoms with E-state index in [-0.39, 0.29) is 5.75 Å². The molecule has 0 fully saturated rings. The Morgan fingerprint density at radius 2 is 2.20 bits per heavy atom. The van der Waals surface area contributed by atoms with Crippen LogP contribution >= 0.6 is 11.3 Å². The van der Waals surface area contributed by atoms with Gasteiger partial charge in [-0.3, -0.25) is 0 Å². The van der Waals surface area contributed by atoms with Crippen molar-refractivity contribution in [1.82, 2.24) is 4.98 Å². The Bertz CT molecular complexity index is 602. The van der Waals surface area contributed by atoms with Gasteiger partial charge in [-0.05, 0) is 18.2 Å². The number of anilines is 1. The van der Waals surface area contributed by atoms with Gasteiger partial charge in [-0.15, -0.1) is 11.3 Å². The van der Waals surface area contributed by atoms with Crippen molar-refractivity contribution in [3.8, 4) is 0 Å². The number of aromatic nitrogens is 1. The number of nitrogens with zero attached hydrogens (tertiary/aromatic N) is 1. The highest BCUT2D eigenvalue weighted by Crippen LogP contribution is 2.25. The number of benzene rings is 1. The Morgan fingerprint density at radius 3 is 2.87 bits per heavy atom. The molecule has 1 aromatic carbocycles. The summed E-state index contributed by atoms with van der Waals surface area (Å²) in [5.74, 6) is -0.00769. The quantitative estimate of drug-likeness (QED) is 0.808. The van der Waals surface area contributed by atoms with Crippen molar-refractivity contribution in [2.45, 2.75) is 5.75 Å². The minimum Gasteiger partial charge on any atom is -0.399 e. The van der Waals surface area contributed by atoms with E-state index in [9.17, 15) is 8.42 Å². The summed E-state index contributed by atoms with van der Waals surface area (Å²) < 4.78 is 23.1. The summed E-state index contributed by atoms with van der Waals surface area (Å²) in [5, 5.41) is 0.609. The first-order chi connectivity index (χ1) is 6.94. The lowest BCUT2D eigenvalue weighted by atomic mass is 10.3. The molecule has 2 aromatic rings. The van der Waals surface area contributed by atoms with Crippen molar-refractivity contribution < 1.29 is 8.42 Å². The zero-order valence-corrected chi connectivity index (χ0v) is 9.73. The molecular weight excluding hydrogens is 232 g/mol. The maximum Gasteiger partial charge on any atom is 0.153 e. The second-order valence-electron chi connectivity index (χ2n) is 3.40. The Hall–Kier alpha value is -1.14. The van der Waals surface area contributed by atoms with Crippen LogP contribution in [0.25, 0.3) is 10.2 Å². The fraction of sp³-hybridized carbons (Fsp3) is 0.222. The predicted octanol–water partition coefficient (Wildman–Crippen LogP) is 1.42. The van der Waals surface area contributed by atoms with Crippen molar-refractivity contribution in [2.24, 2.45) is 0 Å². The lowest BCUT2D eigenvalue weighted by Gasteiger charge is -1.90. The number of hydrogen-bond acceptors (Lipinski definition) is 5. The molecule has 2 N–H and O–H groups in total. The fourth-order valence-corrected chi connectivity index (χ4v) is 3.48. The van der Waals surface area contributed by atoms with Crippen LogP contribution in [0.5, 0.6) is 0 Å². The van der Waals surface area contributed by atoms with Crippen molar-refractivity contribution in [3.63, 3.8) is 0 Å². The fourth-order valence-electron chi connectivity index (χ4n) is 1.27. The third-order valence-corrected chi connectivity index (χ3v) is 3.84. The molecule has 1 aromatic heterocycles. The Morgan fingerprint density at radius 1 is 1.47 bits per heavy atom. The zero-order chi connectivity index (χ0) is 11.1. The van der Waals surface area contributed by atoms with Gasteiger partial charge in [0.15, 0.2) is 9.84 Å². The monoisotopic (exact) mass is 242 g/mol. The second kappa shape index (κ2) is 3.46. The van der Waals surface area contributed by atoms with Gasteiger partial charge in [-0.1, -0.05) is 0 Å². The van der Waals surface area contributed by atoms with Crippen LogP contribution in [-0.4, -0.2) is 19.7 Å². The lowest BCUT2D eigenvalue weighted by molar-refractivity contribution is 0.601. The molecule has 15 heavy (non-hydrogen) atoms. The molecule has 0 bridgehead atoms. The second-order valence-corrected chi connectivity index (χ2v) is 6.66. The third-order valence-electron chi connectivity index (χ3n) is 1.84. The minimum atomic E-state index is -3.02. The van der Waals surface area contributed by atoms with Crippen LogP contribution in [0.4, 0.5) is 5.69 Å². The van der Waals surface area contributed by atoms with Gasteiger partial charge in [0.1, 0.15) is 10.8 Å². The molecule has 0 spiro atoms. The van der Waals surface area contributed by atoms with Crippen LogP contribution in [0.1, 0.15) is 5.01 Å². The van der Waals surface area contributed by atoms with Gasteiger partial charge in [-0.2, -0.15) is 0 Å². The van der Waals surface area contributed by atoms with E-state index in [1.165, 1.54) is 17.6 Å². The summed E-state index contributed by atoms with van der Waals surface area (Å²) in [7, 11) is -3.02. The Labute approximate surface area is 91.7 Å². The summed E-state index contributed by atoms with van der Waals surface area (Å²) in [5.41, 5.74) is 7.08. The highest BCUT2D eigenvalue weighted by molar-refractivity contribution is 7.90. The molecule has 1 heterocycles. The predicted molar refractivity (Wildman–Crippen MR) is 62.6 cm³/mol. The van der Waals surface area contributed by atoms with Crippen LogP contribution < -0.4 is 5.73 Å². The molecule has 0 aliphatic carbocycles. The zero-order valence-electron chi connectivity index (χ0n) is 8.10. The molecule has 80 valence electrons. The van der Waals surface area contributed by atoms with Crippen LogP contribution in [0.3, 0.4) is 0 Å². The maximum absolute atomic E-state index is 11.1. The van der Waals surface area contributed by atoms with E-state index >= 15 is 0 Å². The number of thiazole rings is 1. The van der Waals surface area contributed by atoms with Crippen LogP contribution in [-0.2, 0) is 15.6 Å². The molecule has 0 radical (unpaired) electrons.